The molecule has 0 aliphatic carbocycles. The van der Waals surface area contributed by atoms with Gasteiger partial charge in [-0.3, -0.25) is 19.3 Å². The van der Waals surface area contributed by atoms with Crippen LogP contribution in [0.3, 0.4) is 0 Å². The number of pyridine rings is 1. The fraction of sp³-hybridized carbons (Fsp3) is 0. The third-order valence-corrected chi connectivity index (χ3v) is 2.61. The number of carbonyl (C=O) groups is 1. The first-order valence-corrected chi connectivity index (χ1v) is 4.91. The van der Waals surface area contributed by atoms with Gasteiger partial charge in [-0.2, -0.15) is 0 Å². The van der Waals surface area contributed by atoms with Crippen LogP contribution in [0.1, 0.15) is 10.5 Å². The number of carbonyl (C=O) groups excluding carboxylic acids is 1. The van der Waals surface area contributed by atoms with Crippen LogP contribution in [0.25, 0.3) is 5.65 Å². The normalized spacial score (nSPS) is 10.6. The van der Waals surface area contributed by atoms with Gasteiger partial charge in [0.05, 0.1) is 9.40 Å². The van der Waals surface area contributed by atoms with Crippen molar-refractivity contribution in [2.45, 2.75) is 0 Å². The molecule has 0 unspecified atom stereocenters. The molecule has 8 heteroatoms. The first-order valence-electron chi connectivity index (χ1n) is 4.12. The molecule has 0 fully saturated rings. The van der Waals surface area contributed by atoms with Crippen molar-refractivity contribution in [3.8, 4) is 0 Å². The number of nitrogens with zero attached hydrogens (tertiary/aromatic N) is 3. The zero-order valence-electron chi connectivity index (χ0n) is 7.75. The minimum absolute atomic E-state index is 0.194. The number of primary amides is 1. The molecule has 0 aliphatic rings. The zero-order chi connectivity index (χ0) is 11.9. The Kier molecular flexibility index (Phi) is 2.35. The molecule has 16 heavy (non-hydrogen) atoms. The molecule has 0 atom stereocenters. The lowest BCUT2D eigenvalue weighted by atomic mass is 10.3. The van der Waals surface area contributed by atoms with Crippen molar-refractivity contribution >= 4 is 33.2 Å². The summed E-state index contributed by atoms with van der Waals surface area (Å²) in [6, 6.07) is 1.21. The molecule has 0 spiro atoms. The smallest absolute Gasteiger partial charge is 0.300 e. The topological polar surface area (TPSA) is 104 Å². The average molecular weight is 285 g/mol. The van der Waals surface area contributed by atoms with Gasteiger partial charge in [-0.25, -0.2) is 4.98 Å². The number of amides is 1. The Morgan fingerprint density at radius 1 is 1.62 bits per heavy atom. The summed E-state index contributed by atoms with van der Waals surface area (Å²) >= 11 is 3.14. The van der Waals surface area contributed by atoms with Crippen LogP contribution in [-0.4, -0.2) is 20.2 Å². The largest absolute Gasteiger partial charge is 0.364 e. The van der Waals surface area contributed by atoms with Crippen LogP contribution in [0, 0.1) is 10.1 Å². The molecular formula is C8H5BrN4O3. The van der Waals surface area contributed by atoms with Crippen molar-refractivity contribution in [1.82, 2.24) is 9.38 Å². The Morgan fingerprint density at radius 3 is 2.88 bits per heavy atom. The molecule has 0 aliphatic heterocycles. The monoisotopic (exact) mass is 284 g/mol. The van der Waals surface area contributed by atoms with Gasteiger partial charge in [-0.1, -0.05) is 0 Å². The number of rotatable bonds is 2. The van der Waals surface area contributed by atoms with E-state index in [1.807, 2.05) is 0 Å². The summed E-state index contributed by atoms with van der Waals surface area (Å²) in [4.78, 5) is 25.3. The van der Waals surface area contributed by atoms with Crippen molar-refractivity contribution in [2.24, 2.45) is 5.73 Å². The second-order valence-electron chi connectivity index (χ2n) is 2.97. The number of nitrogens with two attached hydrogens (primary N) is 1. The van der Waals surface area contributed by atoms with Crippen LogP contribution in [-0.2, 0) is 0 Å². The molecule has 0 aromatic carbocycles. The second kappa shape index (κ2) is 3.56. The first kappa shape index (κ1) is 10.6. The number of aromatic nitrogens is 2. The minimum atomic E-state index is -0.873. The van der Waals surface area contributed by atoms with Gasteiger partial charge in [0.15, 0.2) is 11.3 Å². The third-order valence-electron chi connectivity index (χ3n) is 2.03. The van der Waals surface area contributed by atoms with E-state index >= 15 is 0 Å². The third kappa shape index (κ3) is 1.43. The highest BCUT2D eigenvalue weighted by Gasteiger charge is 2.23. The SMILES string of the molecule is NC(=O)c1c([N+](=O)[O-])cc(Br)c2nccn12. The summed E-state index contributed by atoms with van der Waals surface area (Å²) < 4.78 is 1.71. The summed E-state index contributed by atoms with van der Waals surface area (Å²) in [6.07, 6.45) is 2.86. The average Bonchev–Trinajstić information content (AvgIpc) is 2.65. The maximum Gasteiger partial charge on any atom is 0.300 e. The number of imidazole rings is 1. The van der Waals surface area contributed by atoms with Crippen LogP contribution in [0.4, 0.5) is 5.69 Å². The number of halogens is 1. The van der Waals surface area contributed by atoms with E-state index in [-0.39, 0.29) is 11.4 Å². The molecule has 7 nitrogen and oxygen atoms in total. The van der Waals surface area contributed by atoms with E-state index in [1.165, 1.54) is 22.9 Å². The van der Waals surface area contributed by atoms with E-state index in [4.69, 9.17) is 5.73 Å². The number of fused-ring (bicyclic) bond motifs is 1. The van der Waals surface area contributed by atoms with Crippen molar-refractivity contribution in [1.29, 1.82) is 0 Å². The summed E-state index contributed by atoms with van der Waals surface area (Å²) in [6.45, 7) is 0. The lowest BCUT2D eigenvalue weighted by Crippen LogP contribution is -2.17. The van der Waals surface area contributed by atoms with Crippen LogP contribution >= 0.6 is 15.9 Å². The van der Waals surface area contributed by atoms with E-state index in [9.17, 15) is 14.9 Å². The molecule has 2 aromatic heterocycles. The number of hydrogen-bond acceptors (Lipinski definition) is 4. The Morgan fingerprint density at radius 2 is 2.31 bits per heavy atom. The van der Waals surface area contributed by atoms with Crippen molar-refractivity contribution < 1.29 is 9.72 Å². The lowest BCUT2D eigenvalue weighted by molar-refractivity contribution is -0.385. The van der Waals surface area contributed by atoms with Crippen LogP contribution in [0.5, 0.6) is 0 Å². The highest BCUT2D eigenvalue weighted by Crippen LogP contribution is 2.26. The van der Waals surface area contributed by atoms with Gasteiger partial charge in [0, 0.05) is 18.5 Å². The molecule has 1 amide bonds. The van der Waals surface area contributed by atoms with Gasteiger partial charge in [-0.05, 0) is 15.9 Å². The Balaban J connectivity index is 2.94. The first-order chi connectivity index (χ1) is 7.52. The maximum atomic E-state index is 11.2. The summed E-state index contributed by atoms with van der Waals surface area (Å²) in [5.74, 6) is -0.873. The van der Waals surface area contributed by atoms with E-state index in [1.54, 1.807) is 0 Å². The highest BCUT2D eigenvalue weighted by atomic mass is 79.9. The minimum Gasteiger partial charge on any atom is -0.364 e. The van der Waals surface area contributed by atoms with Gasteiger partial charge in [-0.15, -0.1) is 0 Å². The molecule has 0 saturated heterocycles. The van der Waals surface area contributed by atoms with Crippen molar-refractivity contribution in [3.63, 3.8) is 0 Å². The van der Waals surface area contributed by atoms with Crippen LogP contribution in [0.15, 0.2) is 22.9 Å². The summed E-state index contributed by atoms with van der Waals surface area (Å²) in [7, 11) is 0. The molecule has 0 radical (unpaired) electrons. The van der Waals surface area contributed by atoms with Gasteiger partial charge < -0.3 is 5.73 Å². The molecule has 0 bridgehead atoms. The second-order valence-corrected chi connectivity index (χ2v) is 3.82. The van der Waals surface area contributed by atoms with E-state index in [0.29, 0.717) is 10.1 Å². The van der Waals surface area contributed by atoms with Crippen LogP contribution in [0.2, 0.25) is 0 Å². The number of nitro groups is 1. The van der Waals surface area contributed by atoms with E-state index < -0.39 is 10.8 Å². The Bertz CT molecular complexity index is 607. The van der Waals surface area contributed by atoms with Crippen LogP contribution < -0.4 is 5.73 Å². The molecule has 2 heterocycles. The molecule has 2 N–H and O–H groups in total. The van der Waals surface area contributed by atoms with Gasteiger partial charge in [0.25, 0.3) is 11.6 Å². The fourth-order valence-electron chi connectivity index (χ4n) is 1.42. The molecule has 2 rings (SSSR count). The Labute approximate surface area is 97.2 Å². The van der Waals surface area contributed by atoms with Crippen molar-refractivity contribution in [2.75, 3.05) is 0 Å². The molecule has 82 valence electrons. The van der Waals surface area contributed by atoms with E-state index in [0.717, 1.165) is 0 Å². The molecule has 2 aromatic rings. The van der Waals surface area contributed by atoms with Crippen molar-refractivity contribution in [3.05, 3.63) is 38.7 Å². The summed E-state index contributed by atoms with van der Waals surface area (Å²) in [5.41, 5.74) is 4.97. The van der Waals surface area contributed by atoms with Gasteiger partial charge >= 0.3 is 0 Å². The molecular weight excluding hydrogens is 280 g/mol. The highest BCUT2D eigenvalue weighted by molar-refractivity contribution is 9.10. The lowest BCUT2D eigenvalue weighted by Gasteiger charge is -2.04. The zero-order valence-corrected chi connectivity index (χ0v) is 9.34. The predicted molar refractivity (Wildman–Crippen MR) is 58.1 cm³/mol. The fourth-order valence-corrected chi connectivity index (χ4v) is 1.93. The summed E-state index contributed by atoms with van der Waals surface area (Å²) in [5, 5.41) is 10.8. The quantitative estimate of drug-likeness (QED) is 0.659. The Hall–Kier alpha value is -1.96. The van der Waals surface area contributed by atoms with Gasteiger partial charge in [0.2, 0.25) is 0 Å². The van der Waals surface area contributed by atoms with Gasteiger partial charge in [0.1, 0.15) is 0 Å². The maximum absolute atomic E-state index is 11.2. The van der Waals surface area contributed by atoms with E-state index in [2.05, 4.69) is 20.9 Å². The standard InChI is InChI=1S/C8H5BrN4O3/c9-4-3-5(13(15)16)6(7(10)14)12-2-1-11-8(4)12/h1-3H,(H2,10,14). The number of hydrogen-bond donors (Lipinski definition) is 1. The molecule has 0 saturated carbocycles. The predicted octanol–water partition coefficient (Wildman–Crippen LogP) is 1.10.